The number of halogens is 3. The van der Waals surface area contributed by atoms with Crippen molar-refractivity contribution in [1.29, 1.82) is 0 Å². The lowest BCUT2D eigenvalue weighted by Gasteiger charge is -2.25. The maximum atomic E-state index is 13.2. The first-order valence-electron chi connectivity index (χ1n) is 7.19. The first-order valence-corrected chi connectivity index (χ1v) is 7.94. The summed E-state index contributed by atoms with van der Waals surface area (Å²) >= 11 is 12.0. The summed E-state index contributed by atoms with van der Waals surface area (Å²) in [6.07, 6.45) is 4.41. The third kappa shape index (κ3) is 4.24. The molecule has 1 atom stereocenters. The third-order valence-electron chi connectivity index (χ3n) is 3.66. The summed E-state index contributed by atoms with van der Waals surface area (Å²) in [7, 11) is 0. The molecule has 1 N–H and O–H groups in total. The molecule has 6 heteroatoms. The van der Waals surface area contributed by atoms with Gasteiger partial charge in [0.2, 0.25) is 5.91 Å². The Labute approximate surface area is 134 Å². The summed E-state index contributed by atoms with van der Waals surface area (Å²) in [6.45, 7) is 3.34. The van der Waals surface area contributed by atoms with Crippen LogP contribution in [0.4, 0.5) is 10.1 Å². The van der Waals surface area contributed by atoms with Gasteiger partial charge in [-0.15, -0.1) is 0 Å². The van der Waals surface area contributed by atoms with Gasteiger partial charge in [0.05, 0.1) is 15.7 Å². The van der Waals surface area contributed by atoms with Crippen LogP contribution < -0.4 is 5.32 Å². The lowest BCUT2D eigenvalue weighted by molar-refractivity contribution is -0.131. The first kappa shape index (κ1) is 16.4. The summed E-state index contributed by atoms with van der Waals surface area (Å²) in [4.78, 5) is 14.3. The Balaban J connectivity index is 2.06. The average molecular weight is 333 g/mol. The molecular weight excluding hydrogens is 314 g/mol. The van der Waals surface area contributed by atoms with Crippen LogP contribution in [0, 0.1) is 5.82 Å². The summed E-state index contributed by atoms with van der Waals surface area (Å²) in [5.74, 6) is -0.476. The van der Waals surface area contributed by atoms with Crippen molar-refractivity contribution in [3.8, 4) is 0 Å². The minimum Gasteiger partial charge on any atom is -0.371 e. The van der Waals surface area contributed by atoms with E-state index >= 15 is 0 Å². The topological polar surface area (TPSA) is 32.3 Å². The number of carbonyl (C=O) groups excluding carboxylic acids is 1. The van der Waals surface area contributed by atoms with Crippen molar-refractivity contribution in [2.45, 2.75) is 38.6 Å². The molecule has 1 saturated heterocycles. The zero-order valence-electron chi connectivity index (χ0n) is 12.0. The standard InChI is InChI=1S/C15H19Cl2FN2O/c1-10(15(21)20-6-4-2-3-5-7-20)19-14-12(16)8-11(18)9-13(14)17/h8-10,19H,2-7H2,1H3. The Hall–Kier alpha value is -1.00. The molecule has 3 nitrogen and oxygen atoms in total. The summed E-state index contributed by atoms with van der Waals surface area (Å²) in [5, 5.41) is 3.35. The number of benzene rings is 1. The fourth-order valence-corrected chi connectivity index (χ4v) is 3.09. The van der Waals surface area contributed by atoms with Gasteiger partial charge in [-0.3, -0.25) is 4.79 Å². The zero-order valence-corrected chi connectivity index (χ0v) is 13.5. The van der Waals surface area contributed by atoms with Crippen LogP contribution in [0.15, 0.2) is 12.1 Å². The zero-order chi connectivity index (χ0) is 15.4. The van der Waals surface area contributed by atoms with Gasteiger partial charge < -0.3 is 10.2 Å². The van der Waals surface area contributed by atoms with E-state index in [-0.39, 0.29) is 16.0 Å². The Kier molecular flexibility index (Phi) is 5.71. The second-order valence-corrected chi connectivity index (χ2v) is 6.16. The highest BCUT2D eigenvalue weighted by atomic mass is 35.5. The number of rotatable bonds is 3. The predicted molar refractivity (Wildman–Crippen MR) is 84.6 cm³/mol. The van der Waals surface area contributed by atoms with Gasteiger partial charge in [-0.05, 0) is 31.9 Å². The van der Waals surface area contributed by atoms with Crippen LogP contribution in [0.1, 0.15) is 32.6 Å². The molecule has 0 aromatic heterocycles. The van der Waals surface area contributed by atoms with Crippen LogP contribution in [0.2, 0.25) is 10.0 Å². The van der Waals surface area contributed by atoms with Crippen LogP contribution in [0.25, 0.3) is 0 Å². The fourth-order valence-electron chi connectivity index (χ4n) is 2.52. The molecule has 1 amide bonds. The van der Waals surface area contributed by atoms with Crippen molar-refractivity contribution in [2.24, 2.45) is 0 Å². The van der Waals surface area contributed by atoms with Crippen molar-refractivity contribution in [2.75, 3.05) is 18.4 Å². The Morgan fingerprint density at radius 1 is 1.19 bits per heavy atom. The summed E-state index contributed by atoms with van der Waals surface area (Å²) < 4.78 is 13.2. The molecule has 0 bridgehead atoms. The van der Waals surface area contributed by atoms with Gasteiger partial charge in [0.1, 0.15) is 11.9 Å². The molecule has 0 spiro atoms. The van der Waals surface area contributed by atoms with Crippen molar-refractivity contribution in [3.63, 3.8) is 0 Å². The molecule has 1 unspecified atom stereocenters. The Bertz CT molecular complexity index is 493. The van der Waals surface area contributed by atoms with E-state index in [1.165, 1.54) is 25.0 Å². The maximum absolute atomic E-state index is 13.2. The van der Waals surface area contributed by atoms with Crippen molar-refractivity contribution in [1.82, 2.24) is 4.90 Å². The molecular formula is C15H19Cl2FN2O. The minimum atomic E-state index is -0.498. The number of amides is 1. The summed E-state index contributed by atoms with van der Waals surface area (Å²) in [6, 6.07) is 1.90. The molecule has 0 aliphatic carbocycles. The Morgan fingerprint density at radius 2 is 1.71 bits per heavy atom. The van der Waals surface area contributed by atoms with Gasteiger partial charge in [-0.25, -0.2) is 4.39 Å². The molecule has 1 heterocycles. The molecule has 1 aromatic rings. The number of nitrogens with one attached hydrogen (secondary N) is 1. The number of carbonyl (C=O) groups is 1. The van der Waals surface area contributed by atoms with Gasteiger partial charge in [0.25, 0.3) is 0 Å². The highest BCUT2D eigenvalue weighted by Gasteiger charge is 2.22. The van der Waals surface area contributed by atoms with Gasteiger partial charge in [0, 0.05) is 13.1 Å². The van der Waals surface area contributed by atoms with E-state index in [1.807, 2.05) is 4.90 Å². The largest absolute Gasteiger partial charge is 0.371 e. The number of hydrogen-bond donors (Lipinski definition) is 1. The molecule has 1 aliphatic heterocycles. The predicted octanol–water partition coefficient (Wildman–Crippen LogP) is 4.34. The molecule has 1 fully saturated rings. The maximum Gasteiger partial charge on any atom is 0.244 e. The SMILES string of the molecule is CC(Nc1c(Cl)cc(F)cc1Cl)C(=O)N1CCCCCC1. The van der Waals surface area contributed by atoms with E-state index in [0.29, 0.717) is 5.69 Å². The highest BCUT2D eigenvalue weighted by Crippen LogP contribution is 2.32. The van der Waals surface area contributed by atoms with Gasteiger partial charge in [0.15, 0.2) is 0 Å². The lowest BCUT2D eigenvalue weighted by atomic mass is 10.2. The van der Waals surface area contributed by atoms with Crippen LogP contribution in [0.5, 0.6) is 0 Å². The minimum absolute atomic E-state index is 0.0216. The average Bonchev–Trinajstić information content (AvgIpc) is 2.70. The van der Waals surface area contributed by atoms with Crippen molar-refractivity contribution < 1.29 is 9.18 Å². The number of anilines is 1. The van der Waals surface area contributed by atoms with Crippen LogP contribution in [0.3, 0.4) is 0 Å². The normalized spacial score (nSPS) is 17.2. The molecule has 116 valence electrons. The van der Waals surface area contributed by atoms with E-state index in [9.17, 15) is 9.18 Å². The number of nitrogens with zero attached hydrogens (tertiary/aromatic N) is 1. The van der Waals surface area contributed by atoms with Gasteiger partial charge in [-0.2, -0.15) is 0 Å². The van der Waals surface area contributed by atoms with Crippen LogP contribution >= 0.6 is 23.2 Å². The smallest absolute Gasteiger partial charge is 0.244 e. The van der Waals surface area contributed by atoms with Crippen molar-refractivity contribution in [3.05, 3.63) is 28.0 Å². The van der Waals surface area contributed by atoms with Gasteiger partial charge >= 0.3 is 0 Å². The molecule has 21 heavy (non-hydrogen) atoms. The Morgan fingerprint density at radius 3 is 2.24 bits per heavy atom. The van der Waals surface area contributed by atoms with Crippen LogP contribution in [-0.2, 0) is 4.79 Å². The molecule has 0 saturated carbocycles. The fraction of sp³-hybridized carbons (Fsp3) is 0.533. The summed E-state index contributed by atoms with van der Waals surface area (Å²) in [5.41, 5.74) is 0.399. The van der Waals surface area contributed by atoms with E-state index in [0.717, 1.165) is 25.9 Å². The molecule has 1 aliphatic rings. The molecule has 1 aromatic carbocycles. The monoisotopic (exact) mass is 332 g/mol. The number of hydrogen-bond acceptors (Lipinski definition) is 2. The van der Waals surface area contributed by atoms with E-state index in [4.69, 9.17) is 23.2 Å². The van der Waals surface area contributed by atoms with Crippen LogP contribution in [-0.4, -0.2) is 29.9 Å². The second-order valence-electron chi connectivity index (χ2n) is 5.35. The number of likely N-dealkylation sites (tertiary alicyclic amines) is 1. The van der Waals surface area contributed by atoms with E-state index in [1.54, 1.807) is 6.92 Å². The lowest BCUT2D eigenvalue weighted by Crippen LogP contribution is -2.41. The molecule has 2 rings (SSSR count). The van der Waals surface area contributed by atoms with E-state index in [2.05, 4.69) is 5.32 Å². The van der Waals surface area contributed by atoms with E-state index < -0.39 is 11.9 Å². The van der Waals surface area contributed by atoms with Crippen molar-refractivity contribution >= 4 is 34.8 Å². The highest BCUT2D eigenvalue weighted by molar-refractivity contribution is 6.39. The molecule has 0 radical (unpaired) electrons. The second kappa shape index (κ2) is 7.32. The first-order chi connectivity index (χ1) is 9.99. The quantitative estimate of drug-likeness (QED) is 0.893. The third-order valence-corrected chi connectivity index (χ3v) is 4.25. The van der Waals surface area contributed by atoms with Gasteiger partial charge in [-0.1, -0.05) is 36.0 Å².